The number of ether oxygens (including phenoxy) is 1. The molecule has 1 aliphatic carbocycles. The average molecular weight is 293 g/mol. The molecular formula is C17H24FNO2. The van der Waals surface area contributed by atoms with E-state index in [-0.39, 0.29) is 11.8 Å². The van der Waals surface area contributed by atoms with Crippen molar-refractivity contribution in [2.75, 3.05) is 11.9 Å². The molecule has 0 unspecified atom stereocenters. The minimum absolute atomic E-state index is 0.191. The van der Waals surface area contributed by atoms with Gasteiger partial charge in [0.25, 0.3) is 0 Å². The number of esters is 1. The number of rotatable bonds is 5. The van der Waals surface area contributed by atoms with Gasteiger partial charge >= 0.3 is 5.97 Å². The Morgan fingerprint density at radius 1 is 1.29 bits per heavy atom. The summed E-state index contributed by atoms with van der Waals surface area (Å²) in [4.78, 5) is 12.4. The molecule has 0 atom stereocenters. The van der Waals surface area contributed by atoms with Gasteiger partial charge in [0.1, 0.15) is 11.4 Å². The van der Waals surface area contributed by atoms with Crippen LogP contribution in [0.25, 0.3) is 0 Å². The molecule has 116 valence electrons. The zero-order valence-electron chi connectivity index (χ0n) is 12.8. The Balaban J connectivity index is 2.16. The van der Waals surface area contributed by atoms with Crippen molar-refractivity contribution in [3.63, 3.8) is 0 Å². The van der Waals surface area contributed by atoms with Gasteiger partial charge in [-0.05, 0) is 62.8 Å². The van der Waals surface area contributed by atoms with Gasteiger partial charge in [0.15, 0.2) is 0 Å². The molecule has 0 aromatic heterocycles. The van der Waals surface area contributed by atoms with E-state index < -0.39 is 5.54 Å². The monoisotopic (exact) mass is 293 g/mol. The van der Waals surface area contributed by atoms with Crippen molar-refractivity contribution in [1.29, 1.82) is 0 Å². The first-order chi connectivity index (χ1) is 10.1. The Morgan fingerprint density at radius 3 is 2.43 bits per heavy atom. The van der Waals surface area contributed by atoms with Gasteiger partial charge in [0.05, 0.1) is 6.61 Å². The quantitative estimate of drug-likeness (QED) is 0.829. The van der Waals surface area contributed by atoms with Crippen molar-refractivity contribution < 1.29 is 13.9 Å². The van der Waals surface area contributed by atoms with Gasteiger partial charge in [-0.1, -0.05) is 13.3 Å². The summed E-state index contributed by atoms with van der Waals surface area (Å²) in [6, 6.07) is 6.14. The molecule has 1 N–H and O–H groups in total. The first-order valence-electron chi connectivity index (χ1n) is 7.80. The highest BCUT2D eigenvalue weighted by molar-refractivity contribution is 5.84. The maximum atomic E-state index is 13.0. The van der Waals surface area contributed by atoms with Crippen LogP contribution in [0.2, 0.25) is 0 Å². The Kier molecular flexibility index (Phi) is 5.21. The third-order valence-electron chi connectivity index (χ3n) is 4.43. The standard InChI is InChI=1S/C17H24FNO2/c1-3-13-9-11-17(12-10-13,16(20)21-4-2)19-15-7-5-14(18)6-8-15/h5-8,13,19H,3-4,9-12H2,1-2H3. The Morgan fingerprint density at radius 2 is 1.90 bits per heavy atom. The third kappa shape index (κ3) is 3.74. The van der Waals surface area contributed by atoms with Crippen molar-refractivity contribution >= 4 is 11.7 Å². The van der Waals surface area contributed by atoms with Crippen molar-refractivity contribution in [1.82, 2.24) is 0 Å². The molecule has 0 heterocycles. The van der Waals surface area contributed by atoms with Gasteiger partial charge in [-0.2, -0.15) is 0 Å². The second-order valence-electron chi connectivity index (χ2n) is 5.79. The first kappa shape index (κ1) is 15.8. The van der Waals surface area contributed by atoms with Crippen LogP contribution in [0, 0.1) is 11.7 Å². The smallest absolute Gasteiger partial charge is 0.331 e. The number of nitrogens with one attached hydrogen (secondary N) is 1. The lowest BCUT2D eigenvalue weighted by molar-refractivity contribution is -0.150. The molecule has 2 rings (SSSR count). The maximum absolute atomic E-state index is 13.0. The molecule has 1 aliphatic rings. The van der Waals surface area contributed by atoms with Crippen molar-refractivity contribution in [3.8, 4) is 0 Å². The van der Waals surface area contributed by atoms with Crippen molar-refractivity contribution in [2.45, 2.75) is 51.5 Å². The number of hydrogen-bond acceptors (Lipinski definition) is 3. The fourth-order valence-electron chi connectivity index (χ4n) is 3.04. The van der Waals surface area contributed by atoms with E-state index >= 15 is 0 Å². The van der Waals surface area contributed by atoms with Gasteiger partial charge in [0, 0.05) is 5.69 Å². The van der Waals surface area contributed by atoms with Crippen LogP contribution < -0.4 is 5.32 Å². The second kappa shape index (κ2) is 6.92. The summed E-state index contributed by atoms with van der Waals surface area (Å²) in [6.07, 6.45) is 4.71. The zero-order valence-corrected chi connectivity index (χ0v) is 12.8. The average Bonchev–Trinajstić information content (AvgIpc) is 2.50. The fourth-order valence-corrected chi connectivity index (χ4v) is 3.04. The van der Waals surface area contributed by atoms with Crippen LogP contribution in [0.3, 0.4) is 0 Å². The van der Waals surface area contributed by atoms with Gasteiger partial charge in [0.2, 0.25) is 0 Å². The lowest BCUT2D eigenvalue weighted by Crippen LogP contribution is -2.50. The van der Waals surface area contributed by atoms with Gasteiger partial charge in [-0.25, -0.2) is 9.18 Å². The normalized spacial score (nSPS) is 25.4. The minimum Gasteiger partial charge on any atom is -0.464 e. The van der Waals surface area contributed by atoms with Crippen LogP contribution in [0.15, 0.2) is 24.3 Å². The SMILES string of the molecule is CCOC(=O)C1(Nc2ccc(F)cc2)CCC(CC)CC1. The molecule has 1 aromatic rings. The summed E-state index contributed by atoms with van der Waals surface area (Å²) < 4.78 is 18.3. The molecule has 1 saturated carbocycles. The van der Waals surface area contributed by atoms with E-state index in [9.17, 15) is 9.18 Å². The molecule has 3 nitrogen and oxygen atoms in total. The number of benzene rings is 1. The molecular weight excluding hydrogens is 269 g/mol. The van der Waals surface area contributed by atoms with Gasteiger partial charge in [-0.3, -0.25) is 0 Å². The summed E-state index contributed by atoms with van der Waals surface area (Å²) in [5.41, 5.74) is 0.0962. The highest BCUT2D eigenvalue weighted by Gasteiger charge is 2.42. The van der Waals surface area contributed by atoms with Crippen LogP contribution in [-0.4, -0.2) is 18.1 Å². The van der Waals surface area contributed by atoms with Crippen molar-refractivity contribution in [3.05, 3.63) is 30.1 Å². The minimum atomic E-state index is -0.667. The van der Waals surface area contributed by atoms with E-state index in [2.05, 4.69) is 12.2 Å². The summed E-state index contributed by atoms with van der Waals surface area (Å²) in [5, 5.41) is 3.31. The van der Waals surface area contributed by atoms with Gasteiger partial charge < -0.3 is 10.1 Å². The highest BCUT2D eigenvalue weighted by Crippen LogP contribution is 2.37. The molecule has 0 bridgehead atoms. The second-order valence-corrected chi connectivity index (χ2v) is 5.79. The molecule has 1 fully saturated rings. The van der Waals surface area contributed by atoms with E-state index in [0.717, 1.165) is 37.8 Å². The number of hydrogen-bond donors (Lipinski definition) is 1. The molecule has 0 amide bonds. The van der Waals surface area contributed by atoms with E-state index in [1.165, 1.54) is 12.1 Å². The van der Waals surface area contributed by atoms with E-state index in [0.29, 0.717) is 12.5 Å². The third-order valence-corrected chi connectivity index (χ3v) is 4.43. The number of anilines is 1. The molecule has 0 saturated heterocycles. The number of halogens is 1. The van der Waals surface area contributed by atoms with Crippen LogP contribution in [0.4, 0.5) is 10.1 Å². The van der Waals surface area contributed by atoms with Crippen LogP contribution in [-0.2, 0) is 9.53 Å². The van der Waals surface area contributed by atoms with Crippen molar-refractivity contribution in [2.24, 2.45) is 5.92 Å². The zero-order chi connectivity index (χ0) is 15.3. The molecule has 1 aromatic carbocycles. The summed E-state index contributed by atoms with van der Waals surface area (Å²) in [7, 11) is 0. The lowest BCUT2D eigenvalue weighted by Gasteiger charge is -2.39. The Hall–Kier alpha value is -1.58. The van der Waals surface area contributed by atoms with E-state index in [1.807, 2.05) is 6.92 Å². The van der Waals surface area contributed by atoms with E-state index in [4.69, 9.17) is 4.74 Å². The van der Waals surface area contributed by atoms with Crippen LogP contribution in [0.1, 0.15) is 46.0 Å². The number of carbonyl (C=O) groups excluding carboxylic acids is 1. The predicted molar refractivity (Wildman–Crippen MR) is 81.6 cm³/mol. The Labute approximate surface area is 125 Å². The fraction of sp³-hybridized carbons (Fsp3) is 0.588. The van der Waals surface area contributed by atoms with Crippen LogP contribution >= 0.6 is 0 Å². The summed E-state index contributed by atoms with van der Waals surface area (Å²) in [5.74, 6) is 0.215. The summed E-state index contributed by atoms with van der Waals surface area (Å²) in [6.45, 7) is 4.39. The van der Waals surface area contributed by atoms with E-state index in [1.54, 1.807) is 12.1 Å². The first-order valence-corrected chi connectivity index (χ1v) is 7.80. The largest absolute Gasteiger partial charge is 0.464 e. The summed E-state index contributed by atoms with van der Waals surface area (Å²) >= 11 is 0. The topological polar surface area (TPSA) is 38.3 Å². The Bertz CT molecular complexity index is 464. The van der Waals surface area contributed by atoms with Gasteiger partial charge in [-0.15, -0.1) is 0 Å². The molecule has 0 aliphatic heterocycles. The number of carbonyl (C=O) groups is 1. The molecule has 0 spiro atoms. The molecule has 0 radical (unpaired) electrons. The maximum Gasteiger partial charge on any atom is 0.331 e. The highest BCUT2D eigenvalue weighted by atomic mass is 19.1. The predicted octanol–water partition coefficient (Wildman–Crippen LogP) is 4.14. The van der Waals surface area contributed by atoms with Crippen LogP contribution in [0.5, 0.6) is 0 Å². The lowest BCUT2D eigenvalue weighted by atomic mass is 9.75. The molecule has 21 heavy (non-hydrogen) atoms. The molecule has 4 heteroatoms.